The minimum atomic E-state index is -0.395. The predicted octanol–water partition coefficient (Wildman–Crippen LogP) is 2.01. The van der Waals surface area contributed by atoms with E-state index in [0.29, 0.717) is 0 Å². The van der Waals surface area contributed by atoms with Gasteiger partial charge >= 0.3 is 0 Å². The van der Waals surface area contributed by atoms with Gasteiger partial charge in [-0.3, -0.25) is 4.79 Å². The van der Waals surface area contributed by atoms with Crippen LogP contribution in [0.15, 0.2) is 0 Å². The molecule has 1 fully saturated rings. The van der Waals surface area contributed by atoms with Crippen LogP contribution in [0.2, 0.25) is 0 Å². The first-order valence-electron chi connectivity index (χ1n) is 6.29. The molecule has 3 heteroatoms. The van der Waals surface area contributed by atoms with E-state index in [2.05, 4.69) is 13.8 Å². The second kappa shape index (κ2) is 4.74. The quantitative estimate of drug-likeness (QED) is 0.797. The zero-order valence-corrected chi connectivity index (χ0v) is 11.3. The maximum atomic E-state index is 12.3. The molecule has 1 rings (SSSR count). The molecule has 0 aromatic rings. The van der Waals surface area contributed by atoms with E-state index in [4.69, 9.17) is 5.73 Å². The van der Waals surface area contributed by atoms with Crippen LogP contribution in [0.25, 0.3) is 0 Å². The first-order chi connectivity index (χ1) is 7.23. The molecule has 0 unspecified atom stereocenters. The van der Waals surface area contributed by atoms with Crippen LogP contribution in [0.5, 0.6) is 0 Å². The molecule has 16 heavy (non-hydrogen) atoms. The van der Waals surface area contributed by atoms with Gasteiger partial charge in [-0.1, -0.05) is 20.8 Å². The minimum Gasteiger partial charge on any atom is -0.339 e. The Morgan fingerprint density at radius 1 is 1.38 bits per heavy atom. The van der Waals surface area contributed by atoms with Gasteiger partial charge in [-0.25, -0.2) is 0 Å². The number of carbonyl (C=O) groups excluding carboxylic acids is 1. The van der Waals surface area contributed by atoms with Crippen molar-refractivity contribution in [3.8, 4) is 0 Å². The van der Waals surface area contributed by atoms with E-state index < -0.39 is 6.04 Å². The average molecular weight is 226 g/mol. The van der Waals surface area contributed by atoms with Crippen LogP contribution in [0, 0.1) is 11.3 Å². The fraction of sp³-hybridized carbons (Fsp3) is 0.923. The number of rotatable bonds is 4. The lowest BCUT2D eigenvalue weighted by Crippen LogP contribution is -2.52. The van der Waals surface area contributed by atoms with Crippen molar-refractivity contribution in [3.05, 3.63) is 0 Å². The Balaban J connectivity index is 2.65. The molecule has 1 atom stereocenters. The number of nitrogens with two attached hydrogens (primary N) is 1. The van der Waals surface area contributed by atoms with Crippen LogP contribution >= 0.6 is 0 Å². The standard InChI is InChI=1S/C13H26N2O/c1-9(2)15(8-10-6-7-10)12(16)11(14)13(3,4)5/h9-11H,6-8,14H2,1-5H3/t11-/m0/s1. The Morgan fingerprint density at radius 2 is 1.88 bits per heavy atom. The van der Waals surface area contributed by atoms with E-state index in [9.17, 15) is 4.79 Å². The summed E-state index contributed by atoms with van der Waals surface area (Å²) in [7, 11) is 0. The molecule has 0 spiro atoms. The normalized spacial score (nSPS) is 18.7. The lowest BCUT2D eigenvalue weighted by atomic mass is 9.86. The van der Waals surface area contributed by atoms with E-state index in [1.807, 2.05) is 25.7 Å². The highest BCUT2D eigenvalue weighted by molar-refractivity contribution is 5.82. The largest absolute Gasteiger partial charge is 0.339 e. The van der Waals surface area contributed by atoms with Gasteiger partial charge in [0.05, 0.1) is 6.04 Å². The highest BCUT2D eigenvalue weighted by Gasteiger charge is 2.34. The van der Waals surface area contributed by atoms with Crippen molar-refractivity contribution >= 4 is 5.91 Å². The number of nitrogens with zero attached hydrogens (tertiary/aromatic N) is 1. The van der Waals surface area contributed by atoms with Gasteiger partial charge < -0.3 is 10.6 Å². The molecule has 0 aromatic carbocycles. The summed E-state index contributed by atoms with van der Waals surface area (Å²) in [6.07, 6.45) is 2.53. The summed E-state index contributed by atoms with van der Waals surface area (Å²) < 4.78 is 0. The van der Waals surface area contributed by atoms with Gasteiger partial charge in [0.1, 0.15) is 0 Å². The van der Waals surface area contributed by atoms with Gasteiger partial charge in [0.15, 0.2) is 0 Å². The third kappa shape index (κ3) is 3.48. The van der Waals surface area contributed by atoms with Crippen molar-refractivity contribution < 1.29 is 4.79 Å². The second-order valence-electron chi connectivity index (χ2n) is 6.37. The smallest absolute Gasteiger partial charge is 0.240 e. The highest BCUT2D eigenvalue weighted by atomic mass is 16.2. The Bertz CT molecular complexity index is 251. The fourth-order valence-electron chi connectivity index (χ4n) is 1.68. The molecule has 1 amide bonds. The summed E-state index contributed by atoms with van der Waals surface area (Å²) in [5, 5.41) is 0. The maximum Gasteiger partial charge on any atom is 0.240 e. The van der Waals surface area contributed by atoms with Gasteiger partial charge in [0.25, 0.3) is 0 Å². The Labute approximate surface area is 99.4 Å². The third-order valence-corrected chi connectivity index (χ3v) is 3.26. The summed E-state index contributed by atoms with van der Waals surface area (Å²) >= 11 is 0. The first kappa shape index (κ1) is 13.5. The Hall–Kier alpha value is -0.570. The molecular formula is C13H26N2O. The minimum absolute atomic E-state index is 0.106. The van der Waals surface area contributed by atoms with Gasteiger partial charge in [-0.15, -0.1) is 0 Å². The molecule has 1 aliphatic rings. The van der Waals surface area contributed by atoms with Crippen LogP contribution in [0.3, 0.4) is 0 Å². The molecule has 0 radical (unpaired) electrons. The van der Waals surface area contributed by atoms with Gasteiger partial charge in [0.2, 0.25) is 5.91 Å². The van der Waals surface area contributed by atoms with E-state index >= 15 is 0 Å². The zero-order valence-electron chi connectivity index (χ0n) is 11.3. The van der Waals surface area contributed by atoms with Gasteiger partial charge in [-0.2, -0.15) is 0 Å². The SMILES string of the molecule is CC(C)N(CC1CC1)C(=O)[C@H](N)C(C)(C)C. The second-order valence-corrected chi connectivity index (χ2v) is 6.37. The zero-order chi connectivity index (χ0) is 12.5. The van der Waals surface area contributed by atoms with E-state index in [0.717, 1.165) is 12.5 Å². The highest BCUT2D eigenvalue weighted by Crippen LogP contribution is 2.31. The van der Waals surface area contributed by atoms with Crippen LogP contribution in [0.4, 0.5) is 0 Å². The van der Waals surface area contributed by atoms with E-state index in [1.165, 1.54) is 12.8 Å². The Morgan fingerprint density at radius 3 is 2.19 bits per heavy atom. The van der Waals surface area contributed by atoms with E-state index in [-0.39, 0.29) is 17.4 Å². The van der Waals surface area contributed by atoms with Crippen LogP contribution in [-0.2, 0) is 4.79 Å². The summed E-state index contributed by atoms with van der Waals surface area (Å²) in [5.41, 5.74) is 5.88. The molecular weight excluding hydrogens is 200 g/mol. The summed E-state index contributed by atoms with van der Waals surface area (Å²) in [5.74, 6) is 0.827. The average Bonchev–Trinajstić information content (AvgIpc) is 2.93. The van der Waals surface area contributed by atoms with Crippen molar-refractivity contribution in [2.45, 2.75) is 59.5 Å². The molecule has 1 aliphatic carbocycles. The van der Waals surface area contributed by atoms with Gasteiger partial charge in [-0.05, 0) is 38.0 Å². The van der Waals surface area contributed by atoms with Crippen LogP contribution in [-0.4, -0.2) is 29.4 Å². The monoisotopic (exact) mass is 226 g/mol. The maximum absolute atomic E-state index is 12.3. The third-order valence-electron chi connectivity index (χ3n) is 3.26. The molecule has 0 aliphatic heterocycles. The molecule has 3 nitrogen and oxygen atoms in total. The van der Waals surface area contributed by atoms with Gasteiger partial charge in [0, 0.05) is 12.6 Å². The topological polar surface area (TPSA) is 46.3 Å². The van der Waals surface area contributed by atoms with Crippen molar-refractivity contribution in [3.63, 3.8) is 0 Å². The number of carbonyl (C=O) groups is 1. The Kier molecular flexibility index (Phi) is 4.00. The molecule has 0 heterocycles. The molecule has 0 saturated heterocycles. The van der Waals surface area contributed by atoms with Crippen molar-refractivity contribution in [1.82, 2.24) is 4.90 Å². The van der Waals surface area contributed by atoms with Crippen LogP contribution in [0.1, 0.15) is 47.5 Å². The van der Waals surface area contributed by atoms with Crippen molar-refractivity contribution in [2.75, 3.05) is 6.54 Å². The van der Waals surface area contributed by atoms with Crippen molar-refractivity contribution in [2.24, 2.45) is 17.1 Å². The molecule has 1 saturated carbocycles. The summed E-state index contributed by atoms with van der Waals surface area (Å²) in [4.78, 5) is 14.2. The van der Waals surface area contributed by atoms with Crippen LogP contribution < -0.4 is 5.73 Å². The molecule has 0 bridgehead atoms. The first-order valence-corrected chi connectivity index (χ1v) is 6.29. The van der Waals surface area contributed by atoms with Crippen molar-refractivity contribution in [1.29, 1.82) is 0 Å². The lowest BCUT2D eigenvalue weighted by Gasteiger charge is -2.34. The number of hydrogen-bond acceptors (Lipinski definition) is 2. The fourth-order valence-corrected chi connectivity index (χ4v) is 1.68. The molecule has 2 N–H and O–H groups in total. The molecule has 0 aromatic heterocycles. The van der Waals surface area contributed by atoms with E-state index in [1.54, 1.807) is 0 Å². The molecule has 94 valence electrons. The summed E-state index contributed by atoms with van der Waals surface area (Å²) in [6.45, 7) is 11.1. The predicted molar refractivity (Wildman–Crippen MR) is 67.0 cm³/mol. The number of amides is 1. The number of hydrogen-bond donors (Lipinski definition) is 1. The summed E-state index contributed by atoms with van der Waals surface area (Å²) in [6, 6.07) is -0.143. The lowest BCUT2D eigenvalue weighted by molar-refractivity contribution is -0.137.